The molecule has 0 aromatic heterocycles. The van der Waals surface area contributed by atoms with Crippen molar-refractivity contribution in [3.05, 3.63) is 46.6 Å². The summed E-state index contributed by atoms with van der Waals surface area (Å²) in [6, 6.07) is 0. The summed E-state index contributed by atoms with van der Waals surface area (Å²) in [5.74, 6) is -0.234. The molecule has 0 heterocycles. The first kappa shape index (κ1) is 23.4. The number of hydrogen-bond acceptors (Lipinski definition) is 2. The van der Waals surface area contributed by atoms with Gasteiger partial charge in [0.05, 0.1) is 0 Å². The van der Waals surface area contributed by atoms with Crippen molar-refractivity contribution in [3.63, 3.8) is 0 Å². The highest BCUT2D eigenvalue weighted by Gasteiger charge is 2.00. The number of aliphatic hydroxyl groups excluding tert-OH is 1. The molecule has 0 rings (SSSR count). The fourth-order valence-corrected chi connectivity index (χ4v) is 2.43. The number of carbonyl (C=O) groups excluding carboxylic acids is 1. The summed E-state index contributed by atoms with van der Waals surface area (Å²) in [5.41, 5.74) is 5.28. The molecule has 3 heteroatoms. The van der Waals surface area contributed by atoms with Crippen LogP contribution in [0.25, 0.3) is 0 Å². The lowest BCUT2D eigenvalue weighted by Gasteiger charge is -2.05. The molecule has 1 amide bonds. The third-order valence-corrected chi connectivity index (χ3v) is 3.88. The van der Waals surface area contributed by atoms with Gasteiger partial charge < -0.3 is 10.4 Å². The van der Waals surface area contributed by atoms with E-state index in [1.54, 1.807) is 6.08 Å². The Bertz CT molecular complexity index is 518. The Labute approximate surface area is 154 Å². The Hall–Kier alpha value is -1.61. The van der Waals surface area contributed by atoms with E-state index in [4.69, 9.17) is 5.11 Å². The van der Waals surface area contributed by atoms with Crippen LogP contribution >= 0.6 is 0 Å². The van der Waals surface area contributed by atoms with E-state index in [1.165, 1.54) is 23.6 Å². The maximum absolute atomic E-state index is 11.5. The van der Waals surface area contributed by atoms with E-state index < -0.39 is 6.23 Å². The molecule has 0 saturated carbocycles. The molecule has 0 fully saturated rings. The lowest BCUT2D eigenvalue weighted by Crippen LogP contribution is -2.30. The second-order valence-electron chi connectivity index (χ2n) is 7.17. The Morgan fingerprint density at radius 3 is 1.72 bits per heavy atom. The van der Waals surface area contributed by atoms with Crippen LogP contribution in [0.4, 0.5) is 0 Å². The second kappa shape index (κ2) is 13.7. The quantitative estimate of drug-likeness (QED) is 0.291. The average molecular weight is 348 g/mol. The molecule has 142 valence electrons. The summed E-state index contributed by atoms with van der Waals surface area (Å²) in [7, 11) is 0. The zero-order chi connectivity index (χ0) is 19.2. The first-order chi connectivity index (χ1) is 11.7. The van der Waals surface area contributed by atoms with Crippen LogP contribution in [0.3, 0.4) is 0 Å². The number of allylic oxidation sites excluding steroid dienone is 7. The van der Waals surface area contributed by atoms with Gasteiger partial charge in [-0.25, -0.2) is 0 Å². The van der Waals surface area contributed by atoms with Crippen LogP contribution in [0.2, 0.25) is 0 Å². The molecule has 0 aliphatic rings. The van der Waals surface area contributed by atoms with Gasteiger partial charge in [0.2, 0.25) is 5.91 Å². The molecule has 0 aromatic rings. The first-order valence-electron chi connectivity index (χ1n) is 9.31. The molecule has 0 radical (unpaired) electrons. The van der Waals surface area contributed by atoms with E-state index in [0.29, 0.717) is 0 Å². The SMILES string of the molecule is CC(C)=CCCC(C)=CCCC(C)=CCCC(C)=CC(=O)NC(C)O. The second-order valence-corrected chi connectivity index (χ2v) is 7.17. The predicted octanol–water partition coefficient (Wildman–Crippen LogP) is 5.59. The van der Waals surface area contributed by atoms with Gasteiger partial charge in [-0.05, 0) is 80.1 Å². The molecule has 0 aliphatic heterocycles. The summed E-state index contributed by atoms with van der Waals surface area (Å²) >= 11 is 0. The number of hydrogen-bond donors (Lipinski definition) is 2. The zero-order valence-corrected chi connectivity index (χ0v) is 17.0. The average Bonchev–Trinajstić information content (AvgIpc) is 2.45. The van der Waals surface area contributed by atoms with Gasteiger partial charge in [0.1, 0.15) is 6.23 Å². The third kappa shape index (κ3) is 15.6. The summed E-state index contributed by atoms with van der Waals surface area (Å²) in [6.45, 7) is 12.2. The number of nitrogens with one attached hydrogen (secondary N) is 1. The molecule has 0 bridgehead atoms. The van der Waals surface area contributed by atoms with Crippen LogP contribution in [0.1, 0.15) is 80.1 Å². The number of carbonyl (C=O) groups is 1. The Kier molecular flexibility index (Phi) is 12.8. The van der Waals surface area contributed by atoms with Crippen LogP contribution in [-0.2, 0) is 4.79 Å². The number of rotatable bonds is 11. The van der Waals surface area contributed by atoms with E-state index in [-0.39, 0.29) is 5.91 Å². The standard InChI is InChI=1S/C22H37NO2/c1-17(2)10-7-11-18(3)12-8-13-19(4)14-9-15-20(5)16-22(25)23-21(6)24/h10,12,14,16,21,24H,7-9,11,13,15H2,1-6H3,(H,23,25). The highest BCUT2D eigenvalue weighted by Crippen LogP contribution is 2.13. The van der Waals surface area contributed by atoms with Gasteiger partial charge in [0, 0.05) is 6.08 Å². The topological polar surface area (TPSA) is 49.3 Å². The van der Waals surface area contributed by atoms with Gasteiger partial charge >= 0.3 is 0 Å². The van der Waals surface area contributed by atoms with Crippen molar-refractivity contribution < 1.29 is 9.90 Å². The molecule has 0 aromatic carbocycles. The fourth-order valence-electron chi connectivity index (χ4n) is 2.43. The van der Waals surface area contributed by atoms with E-state index in [1.807, 2.05) is 6.92 Å². The summed E-state index contributed by atoms with van der Waals surface area (Å²) in [6.07, 6.45) is 13.9. The van der Waals surface area contributed by atoms with Gasteiger partial charge in [-0.15, -0.1) is 0 Å². The number of amides is 1. The van der Waals surface area contributed by atoms with E-state index in [0.717, 1.165) is 44.1 Å². The largest absolute Gasteiger partial charge is 0.374 e. The van der Waals surface area contributed by atoms with Gasteiger partial charge in [-0.3, -0.25) is 4.79 Å². The van der Waals surface area contributed by atoms with Crippen molar-refractivity contribution in [2.75, 3.05) is 0 Å². The highest BCUT2D eigenvalue weighted by molar-refractivity contribution is 5.88. The molecular formula is C22H37NO2. The van der Waals surface area contributed by atoms with Crippen LogP contribution < -0.4 is 5.32 Å². The molecule has 2 N–H and O–H groups in total. The minimum atomic E-state index is -0.808. The monoisotopic (exact) mass is 347 g/mol. The van der Waals surface area contributed by atoms with Crippen molar-refractivity contribution >= 4 is 5.91 Å². The molecular weight excluding hydrogens is 310 g/mol. The van der Waals surface area contributed by atoms with Gasteiger partial charge in [-0.2, -0.15) is 0 Å². The Morgan fingerprint density at radius 2 is 1.28 bits per heavy atom. The lowest BCUT2D eigenvalue weighted by atomic mass is 10.0. The maximum Gasteiger partial charge on any atom is 0.245 e. The first-order valence-corrected chi connectivity index (χ1v) is 9.31. The van der Waals surface area contributed by atoms with Crippen molar-refractivity contribution in [1.29, 1.82) is 0 Å². The third-order valence-electron chi connectivity index (χ3n) is 3.88. The minimum absolute atomic E-state index is 0.234. The predicted molar refractivity (Wildman–Crippen MR) is 108 cm³/mol. The van der Waals surface area contributed by atoms with Gasteiger partial charge in [0.25, 0.3) is 0 Å². The van der Waals surface area contributed by atoms with Crippen molar-refractivity contribution in [3.8, 4) is 0 Å². The lowest BCUT2D eigenvalue weighted by molar-refractivity contribution is -0.119. The molecule has 0 aliphatic carbocycles. The molecule has 1 unspecified atom stereocenters. The highest BCUT2D eigenvalue weighted by atomic mass is 16.3. The molecule has 0 spiro atoms. The van der Waals surface area contributed by atoms with Gasteiger partial charge in [0.15, 0.2) is 0 Å². The van der Waals surface area contributed by atoms with E-state index in [2.05, 4.69) is 51.2 Å². The van der Waals surface area contributed by atoms with E-state index >= 15 is 0 Å². The van der Waals surface area contributed by atoms with Crippen LogP contribution in [0, 0.1) is 0 Å². The zero-order valence-electron chi connectivity index (χ0n) is 17.0. The van der Waals surface area contributed by atoms with Crippen molar-refractivity contribution in [2.24, 2.45) is 0 Å². The van der Waals surface area contributed by atoms with Crippen LogP contribution in [0.5, 0.6) is 0 Å². The fraction of sp³-hybridized carbons (Fsp3) is 0.591. The normalized spacial score (nSPS) is 14.3. The molecule has 3 nitrogen and oxygen atoms in total. The smallest absolute Gasteiger partial charge is 0.245 e. The summed E-state index contributed by atoms with van der Waals surface area (Å²) in [4.78, 5) is 11.5. The van der Waals surface area contributed by atoms with Gasteiger partial charge in [-0.1, -0.05) is 40.5 Å². The summed E-state index contributed by atoms with van der Waals surface area (Å²) < 4.78 is 0. The van der Waals surface area contributed by atoms with Crippen LogP contribution in [-0.4, -0.2) is 17.2 Å². The summed E-state index contributed by atoms with van der Waals surface area (Å²) in [5, 5.41) is 11.5. The maximum atomic E-state index is 11.5. The molecule has 0 saturated heterocycles. The Balaban J connectivity index is 4.11. The molecule has 25 heavy (non-hydrogen) atoms. The number of aliphatic hydroxyl groups is 1. The van der Waals surface area contributed by atoms with Crippen LogP contribution in [0.15, 0.2) is 46.6 Å². The molecule has 1 atom stereocenters. The Morgan fingerprint density at radius 1 is 0.840 bits per heavy atom. The minimum Gasteiger partial charge on any atom is -0.374 e. The van der Waals surface area contributed by atoms with Crippen molar-refractivity contribution in [2.45, 2.75) is 86.3 Å². The van der Waals surface area contributed by atoms with E-state index in [9.17, 15) is 4.79 Å². The van der Waals surface area contributed by atoms with Crippen molar-refractivity contribution in [1.82, 2.24) is 5.32 Å².